The zero-order chi connectivity index (χ0) is 8.59. The van der Waals surface area contributed by atoms with E-state index in [1.54, 1.807) is 0 Å². The Balaban J connectivity index is 0.00000121. The van der Waals surface area contributed by atoms with E-state index in [2.05, 4.69) is 12.6 Å². The predicted molar refractivity (Wildman–Crippen MR) is 40.7 cm³/mol. The fourth-order valence-corrected chi connectivity index (χ4v) is 0.719. The quantitative estimate of drug-likeness (QED) is 0.216. The maximum absolute atomic E-state index is 12.3. The van der Waals surface area contributed by atoms with Gasteiger partial charge in [-0.3, -0.25) is 0 Å². The predicted octanol–water partition coefficient (Wildman–Crippen LogP) is 1.88. The van der Waals surface area contributed by atoms with Gasteiger partial charge in [0.2, 0.25) is 0 Å². The Bertz CT molecular complexity index is 276. The van der Waals surface area contributed by atoms with Crippen LogP contribution in [-0.2, 0) is 0 Å². The van der Waals surface area contributed by atoms with Crippen LogP contribution in [0.1, 0.15) is 0 Å². The van der Waals surface area contributed by atoms with E-state index >= 15 is 0 Å². The van der Waals surface area contributed by atoms with E-state index in [-0.39, 0.29) is 35.6 Å². The number of thiol groups is 1. The molecule has 0 unspecified atom stereocenters. The molecular weight excluding hydrogens is 203 g/mol. The summed E-state index contributed by atoms with van der Waals surface area (Å²) in [5, 5.41) is 0. The molecule has 12 heavy (non-hydrogen) atoms. The molecule has 0 nitrogen and oxygen atoms in total. The second-order valence-corrected chi connectivity index (χ2v) is 2.26. The topological polar surface area (TPSA) is 0 Å². The molecule has 6 heteroatoms. The molecule has 62 valence electrons. The van der Waals surface area contributed by atoms with Crippen molar-refractivity contribution in [2.75, 3.05) is 0 Å². The second-order valence-electron chi connectivity index (χ2n) is 1.82. The molecule has 0 saturated heterocycles. The average Bonchev–Trinajstić information content (AvgIpc) is 1.97. The van der Waals surface area contributed by atoms with Crippen LogP contribution in [0.2, 0.25) is 0 Å². The van der Waals surface area contributed by atoms with Gasteiger partial charge in [-0.05, 0) is 0 Å². The van der Waals surface area contributed by atoms with Crippen molar-refractivity contribution in [2.24, 2.45) is 0 Å². The molecule has 1 aromatic carbocycles. The number of halogens is 4. The Morgan fingerprint density at radius 1 is 0.917 bits per heavy atom. The monoisotopic (exact) mass is 206 g/mol. The van der Waals surface area contributed by atoms with Crippen LogP contribution in [0.15, 0.2) is 11.0 Å². The van der Waals surface area contributed by atoms with Gasteiger partial charge < -0.3 is 0 Å². The standard InChI is InChI=1S/C6H2F4S.Na.H/c7-2-1-3(8)6(11)5(10)4(2)9;;/h1,11H;;. The van der Waals surface area contributed by atoms with Crippen LogP contribution in [0.25, 0.3) is 0 Å². The minimum atomic E-state index is -1.71. The van der Waals surface area contributed by atoms with Crippen molar-refractivity contribution in [3.05, 3.63) is 29.3 Å². The van der Waals surface area contributed by atoms with Gasteiger partial charge in [0.15, 0.2) is 17.5 Å². The Morgan fingerprint density at radius 2 is 1.42 bits per heavy atom. The summed E-state index contributed by atoms with van der Waals surface area (Å²) in [7, 11) is 0. The molecule has 0 aliphatic heterocycles. The Labute approximate surface area is 93.7 Å². The van der Waals surface area contributed by atoms with Gasteiger partial charge in [0.05, 0.1) is 4.90 Å². The summed E-state index contributed by atoms with van der Waals surface area (Å²) < 4.78 is 49.0. The number of hydrogen-bond donors (Lipinski definition) is 1. The number of rotatable bonds is 0. The summed E-state index contributed by atoms with van der Waals surface area (Å²) >= 11 is 3.27. The van der Waals surface area contributed by atoms with Gasteiger partial charge in [0.25, 0.3) is 0 Å². The van der Waals surface area contributed by atoms with Crippen molar-refractivity contribution < 1.29 is 17.6 Å². The van der Waals surface area contributed by atoms with Crippen molar-refractivity contribution in [1.29, 1.82) is 0 Å². The van der Waals surface area contributed by atoms with E-state index < -0.39 is 28.2 Å². The summed E-state index contributed by atoms with van der Waals surface area (Å²) in [4.78, 5) is -0.816. The van der Waals surface area contributed by atoms with Crippen molar-refractivity contribution in [3.63, 3.8) is 0 Å². The molecule has 0 N–H and O–H groups in total. The van der Waals surface area contributed by atoms with Gasteiger partial charge in [0.1, 0.15) is 5.82 Å². The molecule has 0 heterocycles. The molecule has 0 radical (unpaired) electrons. The van der Waals surface area contributed by atoms with E-state index in [9.17, 15) is 17.6 Å². The van der Waals surface area contributed by atoms with E-state index in [0.717, 1.165) is 0 Å². The Morgan fingerprint density at radius 3 is 1.92 bits per heavy atom. The van der Waals surface area contributed by atoms with Gasteiger partial charge >= 0.3 is 29.6 Å². The van der Waals surface area contributed by atoms with Gasteiger partial charge in [-0.25, -0.2) is 17.6 Å². The van der Waals surface area contributed by atoms with Crippen LogP contribution in [0, 0.1) is 23.3 Å². The third-order valence-electron chi connectivity index (χ3n) is 1.09. The normalized spacial score (nSPS) is 9.42. The third-order valence-corrected chi connectivity index (χ3v) is 1.50. The van der Waals surface area contributed by atoms with Crippen molar-refractivity contribution in [1.82, 2.24) is 0 Å². The zero-order valence-corrected chi connectivity index (χ0v) is 5.93. The summed E-state index contributed by atoms with van der Waals surface area (Å²) in [5.41, 5.74) is 0. The number of benzene rings is 1. The molecular formula is C6H3F4NaS. The first-order valence-electron chi connectivity index (χ1n) is 2.56. The Hall–Kier alpha value is 0.290. The molecule has 0 saturated carbocycles. The van der Waals surface area contributed by atoms with Crippen molar-refractivity contribution in [3.8, 4) is 0 Å². The van der Waals surface area contributed by atoms with Crippen molar-refractivity contribution in [2.45, 2.75) is 4.90 Å². The van der Waals surface area contributed by atoms with E-state index in [0.29, 0.717) is 0 Å². The summed E-state index contributed by atoms with van der Waals surface area (Å²) in [6.45, 7) is 0. The van der Waals surface area contributed by atoms with Gasteiger partial charge in [-0.15, -0.1) is 12.6 Å². The fraction of sp³-hybridized carbons (Fsp3) is 0. The molecule has 0 bridgehead atoms. The van der Waals surface area contributed by atoms with E-state index in [4.69, 9.17) is 0 Å². The van der Waals surface area contributed by atoms with E-state index in [1.807, 2.05) is 0 Å². The van der Waals surface area contributed by atoms with Crippen molar-refractivity contribution >= 4 is 42.2 Å². The second kappa shape index (κ2) is 4.50. The van der Waals surface area contributed by atoms with Crippen LogP contribution in [0.3, 0.4) is 0 Å². The van der Waals surface area contributed by atoms with Crippen LogP contribution in [0.4, 0.5) is 17.6 Å². The summed E-state index contributed by atoms with van der Waals surface area (Å²) in [6, 6.07) is 0.237. The molecule has 1 rings (SSSR count). The zero-order valence-electron chi connectivity index (χ0n) is 5.04. The third kappa shape index (κ3) is 2.16. The molecule has 0 fully saturated rings. The molecule has 0 amide bonds. The van der Waals surface area contributed by atoms with E-state index in [1.165, 1.54) is 0 Å². The fourth-order valence-electron chi connectivity index (χ4n) is 0.557. The number of hydrogen-bond acceptors (Lipinski definition) is 1. The maximum atomic E-state index is 12.3. The molecule has 1 aromatic rings. The summed E-state index contributed by atoms with van der Waals surface area (Å²) in [6.07, 6.45) is 0. The van der Waals surface area contributed by atoms with Gasteiger partial charge in [0, 0.05) is 6.07 Å². The minimum absolute atomic E-state index is 0. The molecule has 0 aromatic heterocycles. The first-order valence-corrected chi connectivity index (χ1v) is 3.00. The van der Waals surface area contributed by atoms with Crippen LogP contribution < -0.4 is 0 Å². The molecule has 0 aliphatic carbocycles. The Kier molecular flexibility index (Phi) is 4.61. The molecule has 0 aliphatic rings. The SMILES string of the molecule is Fc1cc(F)c(S)c(F)c1F.[NaH]. The first-order chi connectivity index (χ1) is 5.04. The van der Waals surface area contributed by atoms with Crippen LogP contribution >= 0.6 is 12.6 Å². The summed E-state index contributed by atoms with van der Waals surface area (Å²) in [5.74, 6) is -6.09. The van der Waals surface area contributed by atoms with Gasteiger partial charge in [-0.1, -0.05) is 0 Å². The van der Waals surface area contributed by atoms with Crippen LogP contribution in [0.5, 0.6) is 0 Å². The molecule has 0 spiro atoms. The van der Waals surface area contributed by atoms with Gasteiger partial charge in [-0.2, -0.15) is 0 Å². The average molecular weight is 206 g/mol. The molecule has 0 atom stereocenters. The first kappa shape index (κ1) is 12.3. The van der Waals surface area contributed by atoms with Crippen LogP contribution in [-0.4, -0.2) is 29.6 Å².